The molecule has 1 aliphatic carbocycles. The van der Waals surface area contributed by atoms with E-state index in [9.17, 15) is 9.59 Å². The second kappa shape index (κ2) is 7.25. The van der Waals surface area contributed by atoms with Crippen molar-refractivity contribution in [2.45, 2.75) is 51.9 Å². The van der Waals surface area contributed by atoms with Gasteiger partial charge in [0.25, 0.3) is 6.47 Å². The Morgan fingerprint density at radius 1 is 1.14 bits per heavy atom. The minimum atomic E-state index is -0.315. The van der Waals surface area contributed by atoms with E-state index in [0.29, 0.717) is 18.0 Å². The molecule has 0 aliphatic heterocycles. The SMILES string of the molecule is CCCC1(C(=O)Oc2ccc(OC=O)cc2)CCCCC1. The molecule has 0 amide bonds. The lowest BCUT2D eigenvalue weighted by atomic mass is 9.71. The molecule has 0 unspecified atom stereocenters. The first-order valence-corrected chi connectivity index (χ1v) is 7.63. The first-order valence-electron chi connectivity index (χ1n) is 7.63. The summed E-state index contributed by atoms with van der Waals surface area (Å²) in [6, 6.07) is 6.53. The van der Waals surface area contributed by atoms with Crippen LogP contribution in [0.2, 0.25) is 0 Å². The highest BCUT2D eigenvalue weighted by Crippen LogP contribution is 2.41. The van der Waals surface area contributed by atoms with Crippen LogP contribution in [0.5, 0.6) is 11.5 Å². The molecular weight excluding hydrogens is 268 g/mol. The van der Waals surface area contributed by atoms with Gasteiger partial charge in [0.1, 0.15) is 11.5 Å². The van der Waals surface area contributed by atoms with Crippen molar-refractivity contribution in [2.75, 3.05) is 0 Å². The van der Waals surface area contributed by atoms with Gasteiger partial charge >= 0.3 is 5.97 Å². The third kappa shape index (κ3) is 3.84. The Hall–Kier alpha value is -1.84. The van der Waals surface area contributed by atoms with Gasteiger partial charge in [-0.15, -0.1) is 0 Å². The van der Waals surface area contributed by atoms with Crippen LogP contribution in [0.4, 0.5) is 0 Å². The van der Waals surface area contributed by atoms with E-state index in [2.05, 4.69) is 6.92 Å². The van der Waals surface area contributed by atoms with Gasteiger partial charge in [-0.2, -0.15) is 0 Å². The average Bonchev–Trinajstić information content (AvgIpc) is 2.51. The number of hydrogen-bond acceptors (Lipinski definition) is 4. The monoisotopic (exact) mass is 290 g/mol. The second-order valence-electron chi connectivity index (χ2n) is 5.67. The average molecular weight is 290 g/mol. The van der Waals surface area contributed by atoms with Crippen LogP contribution in [0.3, 0.4) is 0 Å². The van der Waals surface area contributed by atoms with Gasteiger partial charge in [0.05, 0.1) is 5.41 Å². The number of rotatable bonds is 6. The van der Waals surface area contributed by atoms with Gasteiger partial charge in [-0.1, -0.05) is 32.6 Å². The third-order valence-electron chi connectivity index (χ3n) is 4.19. The van der Waals surface area contributed by atoms with Crippen LogP contribution >= 0.6 is 0 Å². The Morgan fingerprint density at radius 3 is 2.33 bits per heavy atom. The fourth-order valence-corrected chi connectivity index (χ4v) is 3.12. The van der Waals surface area contributed by atoms with Gasteiger partial charge in [0.2, 0.25) is 0 Å². The molecule has 1 saturated carbocycles. The zero-order valence-electron chi connectivity index (χ0n) is 12.5. The number of hydrogen-bond donors (Lipinski definition) is 0. The first kappa shape index (κ1) is 15.5. The zero-order valence-corrected chi connectivity index (χ0v) is 12.5. The van der Waals surface area contributed by atoms with Gasteiger partial charge in [0.15, 0.2) is 0 Å². The van der Waals surface area contributed by atoms with Crippen LogP contribution in [0, 0.1) is 5.41 Å². The van der Waals surface area contributed by atoms with Crippen LogP contribution < -0.4 is 9.47 Å². The van der Waals surface area contributed by atoms with E-state index < -0.39 is 0 Å². The molecule has 0 aromatic heterocycles. The van der Waals surface area contributed by atoms with Crippen LogP contribution in [0.25, 0.3) is 0 Å². The van der Waals surface area contributed by atoms with Crippen molar-refractivity contribution in [1.29, 1.82) is 0 Å². The fraction of sp³-hybridized carbons (Fsp3) is 0.529. The molecule has 1 fully saturated rings. The highest BCUT2D eigenvalue weighted by molar-refractivity contribution is 5.79. The molecule has 1 aromatic carbocycles. The molecule has 0 N–H and O–H groups in total. The van der Waals surface area contributed by atoms with E-state index >= 15 is 0 Å². The Bertz CT molecular complexity index is 467. The van der Waals surface area contributed by atoms with Crippen molar-refractivity contribution in [3.8, 4) is 11.5 Å². The molecule has 2 rings (SSSR count). The summed E-state index contributed by atoms with van der Waals surface area (Å²) in [4.78, 5) is 22.8. The van der Waals surface area contributed by atoms with E-state index in [1.54, 1.807) is 24.3 Å². The molecular formula is C17H22O4. The predicted octanol–water partition coefficient (Wildman–Crippen LogP) is 3.88. The largest absolute Gasteiger partial charge is 0.429 e. The minimum absolute atomic E-state index is 0.117. The summed E-state index contributed by atoms with van der Waals surface area (Å²) in [6.45, 7) is 2.48. The molecule has 0 bridgehead atoms. The van der Waals surface area contributed by atoms with Gasteiger partial charge in [-0.05, 0) is 43.5 Å². The van der Waals surface area contributed by atoms with Crippen molar-refractivity contribution in [1.82, 2.24) is 0 Å². The number of benzene rings is 1. The van der Waals surface area contributed by atoms with Crippen molar-refractivity contribution in [3.05, 3.63) is 24.3 Å². The van der Waals surface area contributed by atoms with Crippen molar-refractivity contribution >= 4 is 12.4 Å². The standard InChI is InChI=1S/C17H22O4/c1-2-10-17(11-4-3-5-12-17)16(19)21-15-8-6-14(7-9-15)20-13-18/h6-9,13H,2-5,10-12H2,1H3. The Morgan fingerprint density at radius 2 is 1.76 bits per heavy atom. The summed E-state index contributed by atoms with van der Waals surface area (Å²) in [5.41, 5.74) is -0.315. The first-order chi connectivity index (χ1) is 10.2. The lowest BCUT2D eigenvalue weighted by molar-refractivity contribution is -0.148. The topological polar surface area (TPSA) is 52.6 Å². The second-order valence-corrected chi connectivity index (χ2v) is 5.67. The molecule has 4 heteroatoms. The lowest BCUT2D eigenvalue weighted by Gasteiger charge is -2.34. The number of esters is 1. The molecule has 4 nitrogen and oxygen atoms in total. The Labute approximate surface area is 125 Å². The summed E-state index contributed by atoms with van der Waals surface area (Å²) in [6.07, 6.45) is 7.12. The third-order valence-corrected chi connectivity index (χ3v) is 4.19. The number of carbonyl (C=O) groups is 2. The molecule has 1 aliphatic rings. The maximum Gasteiger partial charge on any atom is 0.317 e. The lowest BCUT2D eigenvalue weighted by Crippen LogP contribution is -2.36. The molecule has 114 valence electrons. The normalized spacial score (nSPS) is 17.0. The van der Waals surface area contributed by atoms with E-state index in [1.165, 1.54) is 6.42 Å². The molecule has 0 spiro atoms. The van der Waals surface area contributed by atoms with Crippen LogP contribution in [0.15, 0.2) is 24.3 Å². The number of ether oxygens (including phenoxy) is 2. The molecule has 21 heavy (non-hydrogen) atoms. The molecule has 0 atom stereocenters. The predicted molar refractivity (Wildman–Crippen MR) is 79.2 cm³/mol. The van der Waals surface area contributed by atoms with Crippen molar-refractivity contribution in [3.63, 3.8) is 0 Å². The van der Waals surface area contributed by atoms with E-state index in [0.717, 1.165) is 38.5 Å². The quantitative estimate of drug-likeness (QED) is 0.453. The van der Waals surface area contributed by atoms with Crippen molar-refractivity contribution in [2.24, 2.45) is 5.41 Å². The minimum Gasteiger partial charge on any atom is -0.429 e. The zero-order chi connectivity index (χ0) is 15.1. The Balaban J connectivity index is 2.05. The van der Waals surface area contributed by atoms with E-state index in [1.807, 2.05) is 0 Å². The fourth-order valence-electron chi connectivity index (χ4n) is 3.12. The summed E-state index contributed by atoms with van der Waals surface area (Å²) in [5.74, 6) is 0.818. The van der Waals surface area contributed by atoms with Crippen molar-refractivity contribution < 1.29 is 19.1 Å². The van der Waals surface area contributed by atoms with E-state index in [-0.39, 0.29) is 11.4 Å². The maximum absolute atomic E-state index is 12.6. The van der Waals surface area contributed by atoms with Crippen LogP contribution in [-0.2, 0) is 9.59 Å². The van der Waals surface area contributed by atoms with E-state index in [4.69, 9.17) is 9.47 Å². The summed E-state index contributed by atoms with van der Waals surface area (Å²) in [7, 11) is 0. The smallest absolute Gasteiger partial charge is 0.317 e. The van der Waals surface area contributed by atoms with Gasteiger partial charge in [-0.25, -0.2) is 0 Å². The molecule has 0 heterocycles. The van der Waals surface area contributed by atoms with Crippen LogP contribution in [0.1, 0.15) is 51.9 Å². The van der Waals surface area contributed by atoms with Gasteiger partial charge in [-0.3, -0.25) is 9.59 Å². The highest BCUT2D eigenvalue weighted by atomic mass is 16.5. The van der Waals surface area contributed by atoms with Gasteiger partial charge in [0, 0.05) is 0 Å². The summed E-state index contributed by atoms with van der Waals surface area (Å²) < 4.78 is 10.3. The summed E-state index contributed by atoms with van der Waals surface area (Å²) >= 11 is 0. The highest BCUT2D eigenvalue weighted by Gasteiger charge is 2.40. The molecule has 1 aromatic rings. The maximum atomic E-state index is 12.6. The molecule has 0 saturated heterocycles. The van der Waals surface area contributed by atoms with Gasteiger partial charge < -0.3 is 9.47 Å². The number of carbonyl (C=O) groups excluding carboxylic acids is 2. The summed E-state index contributed by atoms with van der Waals surface area (Å²) in [5, 5.41) is 0. The Kier molecular flexibility index (Phi) is 5.37. The van der Waals surface area contributed by atoms with Crippen LogP contribution in [-0.4, -0.2) is 12.4 Å². The molecule has 0 radical (unpaired) electrons.